The zero-order chi connectivity index (χ0) is 13.6. The van der Waals surface area contributed by atoms with Crippen molar-refractivity contribution >= 4 is 27.6 Å². The molecule has 0 aliphatic carbocycles. The Bertz CT molecular complexity index is 813. The lowest BCUT2D eigenvalue weighted by molar-refractivity contribution is 0.573. The zero-order valence-electron chi connectivity index (χ0n) is 11.3. The van der Waals surface area contributed by atoms with Gasteiger partial charge in [-0.05, 0) is 11.5 Å². The van der Waals surface area contributed by atoms with Gasteiger partial charge in [0, 0.05) is 16.3 Å². The van der Waals surface area contributed by atoms with Crippen LogP contribution >= 0.6 is 0 Å². The third-order valence-electron chi connectivity index (χ3n) is 3.43. The van der Waals surface area contributed by atoms with E-state index in [0.29, 0.717) is 5.69 Å². The van der Waals surface area contributed by atoms with Crippen molar-refractivity contribution in [2.45, 2.75) is 26.2 Å². The lowest BCUT2D eigenvalue weighted by Gasteiger charge is -2.18. The van der Waals surface area contributed by atoms with Gasteiger partial charge in [-0.1, -0.05) is 51.1 Å². The number of fused-ring (bicyclic) bond motifs is 3. The Morgan fingerprint density at radius 2 is 1.79 bits per heavy atom. The average molecular weight is 249 g/mol. The molecule has 0 aliphatic rings. The molecule has 3 rings (SSSR count). The van der Waals surface area contributed by atoms with E-state index in [2.05, 4.69) is 31.7 Å². The van der Waals surface area contributed by atoms with E-state index in [1.807, 2.05) is 30.3 Å². The van der Waals surface area contributed by atoms with Crippen LogP contribution in [0.5, 0.6) is 0 Å². The average Bonchev–Trinajstić information content (AvgIpc) is 2.75. The maximum atomic E-state index is 7.30. The van der Waals surface area contributed by atoms with Crippen LogP contribution in [0, 0.1) is 6.57 Å². The summed E-state index contributed by atoms with van der Waals surface area (Å²) in [6.45, 7) is 13.8. The molecule has 2 aromatic carbocycles. The van der Waals surface area contributed by atoms with Gasteiger partial charge in [-0.15, -0.1) is 0 Å². The monoisotopic (exact) mass is 249 g/mol. The summed E-state index contributed by atoms with van der Waals surface area (Å²) in [6, 6.07) is 11.8. The first-order chi connectivity index (χ1) is 9.02. The number of para-hydroxylation sites is 1. The molecule has 0 N–H and O–H groups in total. The van der Waals surface area contributed by atoms with E-state index < -0.39 is 0 Å². The van der Waals surface area contributed by atoms with Crippen molar-refractivity contribution in [2.24, 2.45) is 0 Å². The Morgan fingerprint density at radius 1 is 1.05 bits per heavy atom. The van der Waals surface area contributed by atoms with E-state index in [-0.39, 0.29) is 5.41 Å². The second-order valence-electron chi connectivity index (χ2n) is 5.80. The molecule has 0 radical (unpaired) electrons. The van der Waals surface area contributed by atoms with Gasteiger partial charge in [0.05, 0.1) is 6.57 Å². The summed E-state index contributed by atoms with van der Waals surface area (Å²) < 4.78 is 6.01. The maximum Gasteiger partial charge on any atom is 0.198 e. The Labute approximate surface area is 112 Å². The van der Waals surface area contributed by atoms with Crippen molar-refractivity contribution in [2.75, 3.05) is 0 Å². The molecule has 0 saturated carbocycles. The Morgan fingerprint density at radius 3 is 2.47 bits per heavy atom. The second-order valence-corrected chi connectivity index (χ2v) is 5.80. The molecule has 1 heterocycles. The molecule has 3 aromatic rings. The first kappa shape index (κ1) is 11.8. The van der Waals surface area contributed by atoms with Crippen molar-refractivity contribution in [1.29, 1.82) is 0 Å². The van der Waals surface area contributed by atoms with Crippen LogP contribution in [0.1, 0.15) is 26.3 Å². The molecule has 1 aromatic heterocycles. The summed E-state index contributed by atoms with van der Waals surface area (Å²) in [5.74, 6) is 0. The molecule has 2 nitrogen and oxygen atoms in total. The molecule has 0 saturated heterocycles. The van der Waals surface area contributed by atoms with Gasteiger partial charge in [-0.2, -0.15) is 0 Å². The summed E-state index contributed by atoms with van der Waals surface area (Å²) in [6.07, 6.45) is 0. The standard InChI is InChI=1S/C17H15NO/c1-17(2,3)12-8-5-7-11-15-13(18-4)9-6-10-14(15)19-16(11)12/h5-10H,1-3H3. The molecule has 0 spiro atoms. The number of rotatable bonds is 0. The van der Waals surface area contributed by atoms with Crippen LogP contribution in [0.25, 0.3) is 26.8 Å². The van der Waals surface area contributed by atoms with Gasteiger partial charge in [0.2, 0.25) is 0 Å². The SMILES string of the molecule is [C-]#[N+]c1cccc2oc3c(C(C)(C)C)cccc3c12. The summed E-state index contributed by atoms with van der Waals surface area (Å²) >= 11 is 0. The Kier molecular flexibility index (Phi) is 2.40. The van der Waals surface area contributed by atoms with Gasteiger partial charge >= 0.3 is 0 Å². The fourth-order valence-electron chi connectivity index (χ4n) is 2.51. The lowest BCUT2D eigenvalue weighted by atomic mass is 9.86. The smallest absolute Gasteiger partial charge is 0.198 e. The third-order valence-corrected chi connectivity index (χ3v) is 3.43. The molecular weight excluding hydrogens is 234 g/mol. The molecular formula is C17H15NO. The minimum absolute atomic E-state index is 0.0195. The van der Waals surface area contributed by atoms with Crippen LogP contribution in [0.4, 0.5) is 5.69 Å². The summed E-state index contributed by atoms with van der Waals surface area (Å²) in [7, 11) is 0. The normalized spacial score (nSPS) is 11.9. The van der Waals surface area contributed by atoms with E-state index in [9.17, 15) is 0 Å². The molecule has 0 fully saturated rings. The highest BCUT2D eigenvalue weighted by Crippen LogP contribution is 2.39. The zero-order valence-corrected chi connectivity index (χ0v) is 11.3. The number of benzene rings is 2. The van der Waals surface area contributed by atoms with Gasteiger partial charge in [-0.3, -0.25) is 0 Å². The molecule has 2 heteroatoms. The number of nitrogens with zero attached hydrogens (tertiary/aromatic N) is 1. The van der Waals surface area contributed by atoms with Crippen LogP contribution in [0.2, 0.25) is 0 Å². The van der Waals surface area contributed by atoms with E-state index in [0.717, 1.165) is 21.9 Å². The largest absolute Gasteiger partial charge is 0.457 e. The highest BCUT2D eigenvalue weighted by atomic mass is 16.3. The minimum Gasteiger partial charge on any atom is -0.457 e. The Hall–Kier alpha value is -2.27. The van der Waals surface area contributed by atoms with Crippen LogP contribution in [-0.4, -0.2) is 0 Å². The van der Waals surface area contributed by atoms with Crippen LogP contribution in [0.15, 0.2) is 40.8 Å². The Balaban J connectivity index is 2.52. The fraction of sp³-hybridized carbons (Fsp3) is 0.235. The molecule has 19 heavy (non-hydrogen) atoms. The van der Waals surface area contributed by atoms with E-state index in [1.165, 1.54) is 5.56 Å². The van der Waals surface area contributed by atoms with Gasteiger partial charge in [0.15, 0.2) is 5.69 Å². The predicted molar refractivity (Wildman–Crippen MR) is 78.7 cm³/mol. The van der Waals surface area contributed by atoms with Crippen LogP contribution in [0.3, 0.4) is 0 Å². The van der Waals surface area contributed by atoms with Crippen molar-refractivity contribution in [1.82, 2.24) is 0 Å². The lowest BCUT2D eigenvalue weighted by Crippen LogP contribution is -2.10. The molecule has 0 amide bonds. The maximum absolute atomic E-state index is 7.30. The second kappa shape index (κ2) is 3.86. The van der Waals surface area contributed by atoms with Gasteiger partial charge in [0.25, 0.3) is 0 Å². The quantitative estimate of drug-likeness (QED) is 0.485. The van der Waals surface area contributed by atoms with E-state index in [1.54, 1.807) is 0 Å². The molecule has 0 bridgehead atoms. The molecule has 94 valence electrons. The number of hydrogen-bond acceptors (Lipinski definition) is 1. The summed E-state index contributed by atoms with van der Waals surface area (Å²) in [4.78, 5) is 3.60. The molecule has 0 unspecified atom stereocenters. The summed E-state index contributed by atoms with van der Waals surface area (Å²) in [5.41, 5.74) is 3.55. The highest BCUT2D eigenvalue weighted by Gasteiger charge is 2.21. The van der Waals surface area contributed by atoms with Gasteiger partial charge in [-0.25, -0.2) is 4.85 Å². The third kappa shape index (κ3) is 1.70. The van der Waals surface area contributed by atoms with Crippen molar-refractivity contribution in [3.8, 4) is 0 Å². The van der Waals surface area contributed by atoms with Gasteiger partial charge in [0.1, 0.15) is 11.2 Å². The van der Waals surface area contributed by atoms with Crippen molar-refractivity contribution < 1.29 is 4.42 Å². The van der Waals surface area contributed by atoms with Crippen LogP contribution in [-0.2, 0) is 5.41 Å². The fourth-order valence-corrected chi connectivity index (χ4v) is 2.51. The van der Waals surface area contributed by atoms with Crippen LogP contribution < -0.4 is 0 Å². The summed E-state index contributed by atoms with van der Waals surface area (Å²) in [5, 5.41) is 1.97. The van der Waals surface area contributed by atoms with E-state index in [4.69, 9.17) is 11.0 Å². The van der Waals surface area contributed by atoms with E-state index >= 15 is 0 Å². The first-order valence-electron chi connectivity index (χ1n) is 6.34. The topological polar surface area (TPSA) is 17.5 Å². The molecule has 0 aliphatic heterocycles. The van der Waals surface area contributed by atoms with Crippen molar-refractivity contribution in [3.05, 3.63) is 53.4 Å². The number of hydrogen-bond donors (Lipinski definition) is 0. The highest BCUT2D eigenvalue weighted by molar-refractivity contribution is 6.12. The first-order valence-corrected chi connectivity index (χ1v) is 6.34. The molecule has 0 atom stereocenters. The van der Waals surface area contributed by atoms with Gasteiger partial charge < -0.3 is 4.42 Å². The van der Waals surface area contributed by atoms with Crippen molar-refractivity contribution in [3.63, 3.8) is 0 Å². The minimum atomic E-state index is 0.0195. The predicted octanol–water partition coefficient (Wildman–Crippen LogP) is 5.43. The number of furan rings is 1.